The molecule has 0 amide bonds. The SMILES string of the molecule is NC(=NCc1ccccc1)N1CCC(C2CC2)C1. The van der Waals surface area contributed by atoms with Gasteiger partial charge in [-0.05, 0) is 36.7 Å². The summed E-state index contributed by atoms with van der Waals surface area (Å²) in [7, 11) is 0. The van der Waals surface area contributed by atoms with Crippen LogP contribution in [0.3, 0.4) is 0 Å². The molecule has 2 aliphatic rings. The quantitative estimate of drug-likeness (QED) is 0.653. The van der Waals surface area contributed by atoms with Crippen LogP contribution in [0.2, 0.25) is 0 Å². The Bertz CT molecular complexity index is 423. The van der Waals surface area contributed by atoms with Crippen LogP contribution in [-0.4, -0.2) is 23.9 Å². The van der Waals surface area contributed by atoms with Gasteiger partial charge in [-0.15, -0.1) is 0 Å². The molecule has 2 fully saturated rings. The number of nitrogens with zero attached hydrogens (tertiary/aromatic N) is 2. The molecular weight excluding hydrogens is 222 g/mol. The summed E-state index contributed by atoms with van der Waals surface area (Å²) in [6.45, 7) is 2.90. The third-order valence-electron chi connectivity index (χ3n) is 4.10. The maximum Gasteiger partial charge on any atom is 0.191 e. The van der Waals surface area contributed by atoms with Gasteiger partial charge in [-0.2, -0.15) is 0 Å². The van der Waals surface area contributed by atoms with Gasteiger partial charge in [-0.25, -0.2) is 4.99 Å². The molecule has 1 atom stereocenters. The van der Waals surface area contributed by atoms with E-state index in [2.05, 4.69) is 22.0 Å². The van der Waals surface area contributed by atoms with E-state index in [0.717, 1.165) is 30.9 Å². The molecule has 1 heterocycles. The van der Waals surface area contributed by atoms with Gasteiger partial charge in [0.05, 0.1) is 6.54 Å². The number of likely N-dealkylation sites (tertiary alicyclic amines) is 1. The summed E-state index contributed by atoms with van der Waals surface area (Å²) in [5.41, 5.74) is 7.31. The van der Waals surface area contributed by atoms with Crippen LogP contribution in [0.4, 0.5) is 0 Å². The second-order valence-electron chi connectivity index (χ2n) is 5.49. The summed E-state index contributed by atoms with van der Waals surface area (Å²) < 4.78 is 0. The second kappa shape index (κ2) is 5.01. The number of nitrogens with two attached hydrogens (primary N) is 1. The van der Waals surface area contributed by atoms with Crippen LogP contribution >= 0.6 is 0 Å². The minimum absolute atomic E-state index is 0.692. The van der Waals surface area contributed by atoms with E-state index in [-0.39, 0.29) is 0 Å². The molecule has 3 rings (SSSR count). The van der Waals surface area contributed by atoms with Crippen molar-refractivity contribution < 1.29 is 0 Å². The Morgan fingerprint density at radius 1 is 1.17 bits per heavy atom. The average Bonchev–Trinajstić information content (AvgIpc) is 3.15. The Kier molecular flexibility index (Phi) is 3.22. The molecule has 1 saturated carbocycles. The molecule has 1 aromatic carbocycles. The van der Waals surface area contributed by atoms with Gasteiger partial charge in [0, 0.05) is 13.1 Å². The van der Waals surface area contributed by atoms with Crippen molar-refractivity contribution in [2.75, 3.05) is 13.1 Å². The molecule has 1 aliphatic carbocycles. The minimum Gasteiger partial charge on any atom is -0.370 e. The van der Waals surface area contributed by atoms with Crippen LogP contribution in [0.5, 0.6) is 0 Å². The molecule has 0 aromatic heterocycles. The zero-order chi connectivity index (χ0) is 12.4. The number of benzene rings is 1. The van der Waals surface area contributed by atoms with Gasteiger partial charge < -0.3 is 10.6 Å². The highest BCUT2D eigenvalue weighted by Crippen LogP contribution is 2.41. The van der Waals surface area contributed by atoms with Crippen LogP contribution < -0.4 is 5.73 Å². The third-order valence-corrected chi connectivity index (χ3v) is 4.10. The summed E-state index contributed by atoms with van der Waals surface area (Å²) in [5, 5.41) is 0. The Hall–Kier alpha value is -1.51. The third kappa shape index (κ3) is 2.66. The standard InChI is InChI=1S/C15H21N3/c16-15(17-10-12-4-2-1-3-5-12)18-9-8-14(11-18)13-6-7-13/h1-5,13-14H,6-11H2,(H2,16,17). The fourth-order valence-electron chi connectivity index (χ4n) is 2.80. The highest BCUT2D eigenvalue weighted by molar-refractivity contribution is 5.78. The molecular formula is C15H21N3. The maximum absolute atomic E-state index is 6.09. The summed E-state index contributed by atoms with van der Waals surface area (Å²) >= 11 is 0. The topological polar surface area (TPSA) is 41.6 Å². The first-order valence-electron chi connectivity index (χ1n) is 6.92. The molecule has 1 aliphatic heterocycles. The van der Waals surface area contributed by atoms with Crippen molar-refractivity contribution in [1.82, 2.24) is 4.90 Å². The van der Waals surface area contributed by atoms with Gasteiger partial charge in [0.1, 0.15) is 0 Å². The summed E-state index contributed by atoms with van der Waals surface area (Å²) in [6.07, 6.45) is 4.16. The minimum atomic E-state index is 0.692. The van der Waals surface area contributed by atoms with E-state index in [1.807, 2.05) is 18.2 Å². The maximum atomic E-state index is 6.09. The molecule has 0 bridgehead atoms. The van der Waals surface area contributed by atoms with Crippen LogP contribution in [0.25, 0.3) is 0 Å². The smallest absolute Gasteiger partial charge is 0.191 e. The van der Waals surface area contributed by atoms with Crippen LogP contribution in [0, 0.1) is 11.8 Å². The molecule has 18 heavy (non-hydrogen) atoms. The van der Waals surface area contributed by atoms with Crippen molar-refractivity contribution in [3.63, 3.8) is 0 Å². The van der Waals surface area contributed by atoms with E-state index < -0.39 is 0 Å². The number of rotatable bonds is 3. The lowest BCUT2D eigenvalue weighted by Gasteiger charge is -2.17. The molecule has 1 aromatic rings. The molecule has 3 nitrogen and oxygen atoms in total. The van der Waals surface area contributed by atoms with Crippen molar-refractivity contribution in [3.8, 4) is 0 Å². The Labute approximate surface area is 109 Å². The van der Waals surface area contributed by atoms with Gasteiger partial charge in [-0.1, -0.05) is 30.3 Å². The van der Waals surface area contributed by atoms with E-state index >= 15 is 0 Å². The highest BCUT2D eigenvalue weighted by Gasteiger charge is 2.36. The van der Waals surface area contributed by atoms with Gasteiger partial charge in [0.15, 0.2) is 5.96 Å². The predicted octanol–water partition coefficient (Wildman–Crippen LogP) is 2.23. The van der Waals surface area contributed by atoms with E-state index in [0.29, 0.717) is 6.54 Å². The van der Waals surface area contributed by atoms with Crippen molar-refractivity contribution >= 4 is 5.96 Å². The first-order chi connectivity index (χ1) is 8.83. The molecule has 1 unspecified atom stereocenters. The lowest BCUT2D eigenvalue weighted by Crippen LogP contribution is -2.35. The fourth-order valence-corrected chi connectivity index (χ4v) is 2.80. The van der Waals surface area contributed by atoms with Gasteiger partial charge in [-0.3, -0.25) is 0 Å². The fraction of sp³-hybridized carbons (Fsp3) is 0.533. The largest absolute Gasteiger partial charge is 0.370 e. The van der Waals surface area contributed by atoms with Crippen molar-refractivity contribution in [2.24, 2.45) is 22.6 Å². The normalized spacial score (nSPS) is 24.6. The van der Waals surface area contributed by atoms with Gasteiger partial charge >= 0.3 is 0 Å². The summed E-state index contributed by atoms with van der Waals surface area (Å²) in [4.78, 5) is 6.77. The lowest BCUT2D eigenvalue weighted by molar-refractivity contribution is 0.443. The van der Waals surface area contributed by atoms with Crippen LogP contribution in [-0.2, 0) is 6.54 Å². The van der Waals surface area contributed by atoms with Crippen molar-refractivity contribution in [2.45, 2.75) is 25.8 Å². The zero-order valence-corrected chi connectivity index (χ0v) is 10.8. The Morgan fingerprint density at radius 2 is 1.94 bits per heavy atom. The number of aliphatic imine (C=N–C) groups is 1. The average molecular weight is 243 g/mol. The zero-order valence-electron chi connectivity index (χ0n) is 10.8. The Balaban J connectivity index is 1.55. The number of hydrogen-bond donors (Lipinski definition) is 1. The molecule has 96 valence electrons. The predicted molar refractivity (Wildman–Crippen MR) is 74.2 cm³/mol. The van der Waals surface area contributed by atoms with E-state index in [9.17, 15) is 0 Å². The first kappa shape index (κ1) is 11.6. The van der Waals surface area contributed by atoms with Gasteiger partial charge in [0.25, 0.3) is 0 Å². The van der Waals surface area contributed by atoms with Crippen LogP contribution in [0.1, 0.15) is 24.8 Å². The highest BCUT2D eigenvalue weighted by atomic mass is 15.3. The molecule has 0 spiro atoms. The molecule has 2 N–H and O–H groups in total. The Morgan fingerprint density at radius 3 is 2.67 bits per heavy atom. The van der Waals surface area contributed by atoms with E-state index in [1.54, 1.807) is 0 Å². The summed E-state index contributed by atoms with van der Waals surface area (Å²) in [6, 6.07) is 10.3. The van der Waals surface area contributed by atoms with Crippen molar-refractivity contribution in [3.05, 3.63) is 35.9 Å². The monoisotopic (exact) mass is 243 g/mol. The molecule has 3 heteroatoms. The van der Waals surface area contributed by atoms with E-state index in [1.165, 1.54) is 24.8 Å². The molecule has 1 saturated heterocycles. The number of hydrogen-bond acceptors (Lipinski definition) is 1. The first-order valence-corrected chi connectivity index (χ1v) is 6.92. The lowest BCUT2D eigenvalue weighted by atomic mass is 10.0. The second-order valence-corrected chi connectivity index (χ2v) is 5.49. The van der Waals surface area contributed by atoms with E-state index in [4.69, 9.17) is 5.73 Å². The van der Waals surface area contributed by atoms with Gasteiger partial charge in [0.2, 0.25) is 0 Å². The van der Waals surface area contributed by atoms with Crippen LogP contribution in [0.15, 0.2) is 35.3 Å². The molecule has 0 radical (unpaired) electrons. The van der Waals surface area contributed by atoms with Crippen molar-refractivity contribution in [1.29, 1.82) is 0 Å². The number of guanidine groups is 1. The summed E-state index contributed by atoms with van der Waals surface area (Å²) in [5.74, 6) is 2.58.